The molecule has 0 fully saturated rings. The van der Waals surface area contributed by atoms with Crippen LogP contribution in [0.3, 0.4) is 0 Å². The van der Waals surface area contributed by atoms with E-state index in [9.17, 15) is 4.79 Å². The first-order valence-electron chi connectivity index (χ1n) is 4.36. The van der Waals surface area contributed by atoms with Gasteiger partial charge in [-0.15, -0.1) is 0 Å². The topological polar surface area (TPSA) is 41.1 Å². The van der Waals surface area contributed by atoms with Crippen molar-refractivity contribution in [3.05, 3.63) is 22.7 Å². The molecule has 0 saturated carbocycles. The molecule has 0 saturated heterocycles. The van der Waals surface area contributed by atoms with Crippen molar-refractivity contribution in [2.75, 3.05) is 17.7 Å². The van der Waals surface area contributed by atoms with Gasteiger partial charge < -0.3 is 15.4 Å². The number of anilines is 2. The Morgan fingerprint density at radius 3 is 2.71 bits per heavy atom. The van der Waals surface area contributed by atoms with E-state index >= 15 is 0 Å². The summed E-state index contributed by atoms with van der Waals surface area (Å²) in [7, 11) is 1.85. The van der Waals surface area contributed by atoms with E-state index in [1.807, 2.05) is 32.2 Å². The minimum atomic E-state index is -0.184. The maximum atomic E-state index is 10.5. The van der Waals surface area contributed by atoms with Crippen LogP contribution in [0.15, 0.2) is 22.7 Å². The van der Waals surface area contributed by atoms with E-state index in [1.165, 1.54) is 0 Å². The van der Waals surface area contributed by atoms with Crippen LogP contribution in [0.25, 0.3) is 0 Å². The van der Waals surface area contributed by atoms with Gasteiger partial charge >= 0.3 is 0 Å². The van der Waals surface area contributed by atoms with Gasteiger partial charge in [0.2, 0.25) is 0 Å². The molecule has 4 heteroatoms. The predicted octanol–water partition coefficient (Wildman–Crippen LogP) is 2.49. The van der Waals surface area contributed by atoms with E-state index < -0.39 is 0 Å². The fraction of sp³-hybridized carbons (Fsp3) is 0.300. The average molecular weight is 257 g/mol. The highest BCUT2D eigenvalue weighted by molar-refractivity contribution is 9.10. The average Bonchev–Trinajstić information content (AvgIpc) is 2.18. The van der Waals surface area contributed by atoms with E-state index in [2.05, 4.69) is 26.6 Å². The molecule has 1 rings (SSSR count). The van der Waals surface area contributed by atoms with Gasteiger partial charge in [0.25, 0.3) is 0 Å². The summed E-state index contributed by atoms with van der Waals surface area (Å²) in [4.78, 5) is 10.5. The fourth-order valence-electron chi connectivity index (χ4n) is 1.13. The first-order chi connectivity index (χ1) is 6.67. The third kappa shape index (κ3) is 2.73. The third-order valence-electron chi connectivity index (χ3n) is 1.84. The summed E-state index contributed by atoms with van der Waals surface area (Å²) in [6, 6.07) is 5.65. The van der Waals surface area contributed by atoms with Crippen LogP contribution in [0.5, 0.6) is 0 Å². The molecule has 0 aliphatic carbocycles. The summed E-state index contributed by atoms with van der Waals surface area (Å²) < 4.78 is 0.983. The van der Waals surface area contributed by atoms with Crippen molar-refractivity contribution in [2.24, 2.45) is 0 Å². The van der Waals surface area contributed by atoms with E-state index in [1.54, 1.807) is 0 Å². The van der Waals surface area contributed by atoms with Gasteiger partial charge in [-0.2, -0.15) is 0 Å². The highest BCUT2D eigenvalue weighted by Crippen LogP contribution is 2.25. The van der Waals surface area contributed by atoms with E-state index in [0.29, 0.717) is 0 Å². The van der Waals surface area contributed by atoms with Crippen LogP contribution in [0, 0.1) is 0 Å². The first-order valence-corrected chi connectivity index (χ1v) is 5.16. The van der Waals surface area contributed by atoms with Crippen molar-refractivity contribution >= 4 is 33.6 Å². The molecule has 0 aliphatic heterocycles. The number of hydrogen-bond acceptors (Lipinski definition) is 3. The zero-order chi connectivity index (χ0) is 10.6. The number of aldehydes is 1. The number of carbonyl (C=O) groups is 1. The van der Waals surface area contributed by atoms with Crippen molar-refractivity contribution in [1.29, 1.82) is 0 Å². The number of benzene rings is 1. The lowest BCUT2D eigenvalue weighted by Gasteiger charge is -2.13. The Kier molecular flexibility index (Phi) is 3.95. The number of halogens is 1. The summed E-state index contributed by atoms with van der Waals surface area (Å²) in [5.74, 6) is 0. The van der Waals surface area contributed by atoms with Gasteiger partial charge in [-0.1, -0.05) is 15.9 Å². The molecular weight excluding hydrogens is 244 g/mol. The molecule has 1 atom stereocenters. The minimum Gasteiger partial charge on any atom is -0.386 e. The molecule has 1 aromatic carbocycles. The summed E-state index contributed by atoms with van der Waals surface area (Å²) in [6.45, 7) is 1.81. The molecule has 0 aliphatic rings. The highest BCUT2D eigenvalue weighted by Gasteiger charge is 2.04. The lowest BCUT2D eigenvalue weighted by atomic mass is 10.2. The molecule has 0 radical (unpaired) electrons. The molecule has 0 aromatic heterocycles. The van der Waals surface area contributed by atoms with Crippen molar-refractivity contribution in [3.63, 3.8) is 0 Å². The summed E-state index contributed by atoms with van der Waals surface area (Å²) in [6.07, 6.45) is 0.875. The Morgan fingerprint density at radius 2 is 2.14 bits per heavy atom. The molecule has 2 N–H and O–H groups in total. The van der Waals surface area contributed by atoms with Crippen LogP contribution >= 0.6 is 15.9 Å². The van der Waals surface area contributed by atoms with Gasteiger partial charge in [-0.05, 0) is 25.1 Å². The SMILES string of the molecule is CNc1ccc(Br)cc1NC(C)C=O. The highest BCUT2D eigenvalue weighted by atomic mass is 79.9. The van der Waals surface area contributed by atoms with Crippen molar-refractivity contribution in [3.8, 4) is 0 Å². The monoisotopic (exact) mass is 256 g/mol. The van der Waals surface area contributed by atoms with E-state index in [0.717, 1.165) is 22.1 Å². The fourth-order valence-corrected chi connectivity index (χ4v) is 1.49. The predicted molar refractivity (Wildman–Crippen MR) is 62.8 cm³/mol. The molecule has 1 unspecified atom stereocenters. The Morgan fingerprint density at radius 1 is 1.43 bits per heavy atom. The normalized spacial score (nSPS) is 11.9. The summed E-state index contributed by atoms with van der Waals surface area (Å²) in [5, 5.41) is 6.14. The summed E-state index contributed by atoms with van der Waals surface area (Å²) in [5.41, 5.74) is 1.89. The second-order valence-corrected chi connectivity index (χ2v) is 3.92. The van der Waals surface area contributed by atoms with Crippen LogP contribution in [0.2, 0.25) is 0 Å². The van der Waals surface area contributed by atoms with E-state index in [4.69, 9.17) is 0 Å². The van der Waals surface area contributed by atoms with Crippen LogP contribution < -0.4 is 10.6 Å². The lowest BCUT2D eigenvalue weighted by Crippen LogP contribution is -2.17. The third-order valence-corrected chi connectivity index (χ3v) is 2.33. The van der Waals surface area contributed by atoms with Gasteiger partial charge in [0, 0.05) is 11.5 Å². The second-order valence-electron chi connectivity index (χ2n) is 3.01. The van der Waals surface area contributed by atoms with Gasteiger partial charge in [0.15, 0.2) is 0 Å². The van der Waals surface area contributed by atoms with E-state index in [-0.39, 0.29) is 6.04 Å². The van der Waals surface area contributed by atoms with Crippen molar-refractivity contribution in [2.45, 2.75) is 13.0 Å². The Bertz CT molecular complexity index is 328. The van der Waals surface area contributed by atoms with Gasteiger partial charge in [0.1, 0.15) is 6.29 Å². The summed E-state index contributed by atoms with van der Waals surface area (Å²) >= 11 is 3.38. The van der Waals surface area contributed by atoms with Crippen LogP contribution in [0.4, 0.5) is 11.4 Å². The number of hydrogen-bond donors (Lipinski definition) is 2. The lowest BCUT2D eigenvalue weighted by molar-refractivity contribution is -0.108. The maximum absolute atomic E-state index is 10.5. The zero-order valence-electron chi connectivity index (χ0n) is 8.17. The van der Waals surface area contributed by atoms with Crippen LogP contribution in [-0.2, 0) is 4.79 Å². The first kappa shape index (κ1) is 11.0. The Labute approximate surface area is 92.0 Å². The molecule has 1 aromatic rings. The van der Waals surface area contributed by atoms with Gasteiger partial charge in [-0.3, -0.25) is 0 Å². The molecule has 3 nitrogen and oxygen atoms in total. The van der Waals surface area contributed by atoms with Crippen LogP contribution in [0.1, 0.15) is 6.92 Å². The van der Waals surface area contributed by atoms with Crippen LogP contribution in [-0.4, -0.2) is 19.4 Å². The largest absolute Gasteiger partial charge is 0.386 e. The number of rotatable bonds is 4. The molecule has 14 heavy (non-hydrogen) atoms. The maximum Gasteiger partial charge on any atom is 0.141 e. The van der Waals surface area contributed by atoms with Gasteiger partial charge in [0.05, 0.1) is 17.4 Å². The van der Waals surface area contributed by atoms with Gasteiger partial charge in [-0.25, -0.2) is 0 Å². The molecule has 0 amide bonds. The minimum absolute atomic E-state index is 0.184. The number of nitrogens with one attached hydrogen (secondary N) is 2. The Balaban J connectivity index is 2.92. The zero-order valence-corrected chi connectivity index (χ0v) is 9.76. The second kappa shape index (κ2) is 5.00. The molecular formula is C10H13BrN2O. The molecule has 0 heterocycles. The number of carbonyl (C=O) groups excluding carboxylic acids is 1. The molecule has 76 valence electrons. The molecule has 0 bridgehead atoms. The van der Waals surface area contributed by atoms with Crippen molar-refractivity contribution in [1.82, 2.24) is 0 Å². The van der Waals surface area contributed by atoms with Crippen molar-refractivity contribution < 1.29 is 4.79 Å². The Hall–Kier alpha value is -1.03. The smallest absolute Gasteiger partial charge is 0.141 e. The standard InChI is InChI=1S/C10H13BrN2O/c1-7(6-14)13-10-5-8(11)3-4-9(10)12-2/h3-7,12-13H,1-2H3. The quantitative estimate of drug-likeness (QED) is 0.814. The molecule has 0 spiro atoms.